The molecule has 0 heterocycles. The molecule has 0 aromatic heterocycles. The lowest BCUT2D eigenvalue weighted by Crippen LogP contribution is -2.41. The first-order valence-electron chi connectivity index (χ1n) is 5.94. The topological polar surface area (TPSA) is 82.6 Å². The minimum atomic E-state index is -0.487. The smallest absolute Gasteiger partial charge is 0.407 e. The number of hydrogen-bond donors (Lipinski definition) is 4. The normalized spacial score (nSPS) is 10.7. The first-order valence-corrected chi connectivity index (χ1v) is 6.35. The number of rotatable bonds is 6. The van der Waals surface area contributed by atoms with Gasteiger partial charge < -0.3 is 25.8 Å². The van der Waals surface area contributed by atoms with Gasteiger partial charge >= 0.3 is 6.09 Å². The van der Waals surface area contributed by atoms with Gasteiger partial charge in [-0.3, -0.25) is 0 Å². The fourth-order valence-electron chi connectivity index (χ4n) is 0.998. The second kappa shape index (κ2) is 8.93. The molecule has 0 aliphatic rings. The lowest BCUT2D eigenvalue weighted by atomic mass is 10.2. The Bertz CT molecular complexity index is 267. The Labute approximate surface area is 113 Å². The van der Waals surface area contributed by atoms with E-state index in [9.17, 15) is 4.79 Å². The molecule has 0 atom stereocenters. The summed E-state index contributed by atoms with van der Waals surface area (Å²) in [6.45, 7) is 7.14. The molecule has 6 nitrogen and oxygen atoms in total. The van der Waals surface area contributed by atoms with E-state index in [4.69, 9.17) is 22.1 Å². The summed E-state index contributed by atoms with van der Waals surface area (Å²) in [5.74, 6) is 0. The van der Waals surface area contributed by atoms with E-state index in [-0.39, 0.29) is 6.61 Å². The van der Waals surface area contributed by atoms with Crippen LogP contribution in [0.15, 0.2) is 0 Å². The zero-order valence-corrected chi connectivity index (χ0v) is 12.0. The standard InChI is InChI=1S/C11H23N3O3S/c1-11(2,3)17-10(16)14-7-6-13-9(18)12-5-4-8-15/h15H,4-8H2,1-3H3,(H,14,16)(H2,12,13,18). The van der Waals surface area contributed by atoms with Gasteiger partial charge in [0, 0.05) is 26.2 Å². The highest BCUT2D eigenvalue weighted by molar-refractivity contribution is 7.80. The van der Waals surface area contributed by atoms with Crippen LogP contribution < -0.4 is 16.0 Å². The van der Waals surface area contributed by atoms with Crippen LogP contribution in [0.1, 0.15) is 27.2 Å². The Balaban J connectivity index is 3.50. The molecule has 0 spiro atoms. The monoisotopic (exact) mass is 277 g/mol. The maximum atomic E-state index is 11.3. The van der Waals surface area contributed by atoms with Gasteiger partial charge in [0.15, 0.2) is 5.11 Å². The van der Waals surface area contributed by atoms with Gasteiger partial charge in [0.2, 0.25) is 0 Å². The molecule has 106 valence electrons. The highest BCUT2D eigenvalue weighted by Gasteiger charge is 2.15. The summed E-state index contributed by atoms with van der Waals surface area (Å²) in [7, 11) is 0. The van der Waals surface area contributed by atoms with Crippen LogP contribution in [0.5, 0.6) is 0 Å². The number of aliphatic hydroxyl groups excluding tert-OH is 1. The molecule has 0 fully saturated rings. The zero-order valence-electron chi connectivity index (χ0n) is 11.2. The van der Waals surface area contributed by atoms with Crippen molar-refractivity contribution in [1.29, 1.82) is 0 Å². The van der Waals surface area contributed by atoms with E-state index >= 15 is 0 Å². The predicted octanol–water partition coefficient (Wildman–Crippen LogP) is 0.358. The summed E-state index contributed by atoms with van der Waals surface area (Å²) in [5, 5.41) is 17.6. The summed E-state index contributed by atoms with van der Waals surface area (Å²) in [4.78, 5) is 11.3. The fourth-order valence-corrected chi connectivity index (χ4v) is 1.20. The van der Waals surface area contributed by atoms with E-state index in [2.05, 4.69) is 16.0 Å². The lowest BCUT2D eigenvalue weighted by Gasteiger charge is -2.19. The summed E-state index contributed by atoms with van der Waals surface area (Å²) in [6, 6.07) is 0. The second-order valence-electron chi connectivity index (χ2n) is 4.69. The molecule has 4 N–H and O–H groups in total. The van der Waals surface area contributed by atoms with Crippen molar-refractivity contribution in [2.24, 2.45) is 0 Å². The third-order valence-corrected chi connectivity index (χ3v) is 1.99. The third-order valence-electron chi connectivity index (χ3n) is 1.70. The van der Waals surface area contributed by atoms with Gasteiger partial charge in [0.05, 0.1) is 0 Å². The molecule has 0 bridgehead atoms. The van der Waals surface area contributed by atoms with E-state index in [0.29, 0.717) is 31.2 Å². The highest BCUT2D eigenvalue weighted by atomic mass is 32.1. The van der Waals surface area contributed by atoms with E-state index in [0.717, 1.165) is 0 Å². The summed E-state index contributed by atoms with van der Waals surface area (Å²) in [6.07, 6.45) is 0.210. The van der Waals surface area contributed by atoms with Gasteiger partial charge in [0.25, 0.3) is 0 Å². The quantitative estimate of drug-likeness (QED) is 0.414. The zero-order chi connectivity index (χ0) is 14.0. The number of carbonyl (C=O) groups is 1. The summed E-state index contributed by atoms with van der Waals surface area (Å²) >= 11 is 4.99. The third kappa shape index (κ3) is 11.4. The Hall–Kier alpha value is -1.08. The van der Waals surface area contributed by atoms with Crippen LogP contribution in [0.25, 0.3) is 0 Å². The van der Waals surface area contributed by atoms with Gasteiger partial charge in [-0.25, -0.2) is 4.79 Å². The van der Waals surface area contributed by atoms with Crippen molar-refractivity contribution in [3.8, 4) is 0 Å². The number of alkyl carbamates (subject to hydrolysis) is 1. The molecule has 0 unspecified atom stereocenters. The molecule has 0 aliphatic heterocycles. The van der Waals surface area contributed by atoms with Crippen LogP contribution >= 0.6 is 12.2 Å². The number of nitrogens with one attached hydrogen (secondary N) is 3. The van der Waals surface area contributed by atoms with E-state index < -0.39 is 11.7 Å². The molecule has 0 saturated heterocycles. The minimum Gasteiger partial charge on any atom is -0.444 e. The van der Waals surface area contributed by atoms with Gasteiger partial charge in [-0.05, 0) is 39.4 Å². The Morgan fingerprint density at radius 2 is 1.72 bits per heavy atom. The van der Waals surface area contributed by atoms with Crippen LogP contribution in [0, 0.1) is 0 Å². The van der Waals surface area contributed by atoms with Crippen LogP contribution in [-0.2, 0) is 4.74 Å². The Morgan fingerprint density at radius 3 is 2.28 bits per heavy atom. The lowest BCUT2D eigenvalue weighted by molar-refractivity contribution is 0.0529. The number of hydrogen-bond acceptors (Lipinski definition) is 4. The molecule has 0 aliphatic carbocycles. The van der Waals surface area contributed by atoms with Crippen LogP contribution in [0.3, 0.4) is 0 Å². The second-order valence-corrected chi connectivity index (χ2v) is 5.10. The number of amides is 1. The van der Waals surface area contributed by atoms with E-state index in [1.54, 1.807) is 0 Å². The van der Waals surface area contributed by atoms with Crippen molar-refractivity contribution < 1.29 is 14.6 Å². The molecular weight excluding hydrogens is 254 g/mol. The van der Waals surface area contributed by atoms with Crippen molar-refractivity contribution >= 4 is 23.4 Å². The van der Waals surface area contributed by atoms with Gasteiger partial charge in [0.1, 0.15) is 5.60 Å². The summed E-state index contributed by atoms with van der Waals surface area (Å²) < 4.78 is 5.07. The average molecular weight is 277 g/mol. The molecule has 0 radical (unpaired) electrons. The molecule has 0 rings (SSSR count). The van der Waals surface area contributed by atoms with Crippen LogP contribution in [-0.4, -0.2) is 48.2 Å². The molecule has 1 amide bonds. The van der Waals surface area contributed by atoms with Crippen molar-refractivity contribution in [1.82, 2.24) is 16.0 Å². The van der Waals surface area contributed by atoms with Crippen LogP contribution in [0.2, 0.25) is 0 Å². The van der Waals surface area contributed by atoms with Crippen molar-refractivity contribution in [3.05, 3.63) is 0 Å². The minimum absolute atomic E-state index is 0.135. The number of aliphatic hydroxyl groups is 1. The fraction of sp³-hybridized carbons (Fsp3) is 0.818. The van der Waals surface area contributed by atoms with Crippen molar-refractivity contribution in [3.63, 3.8) is 0 Å². The van der Waals surface area contributed by atoms with E-state index in [1.165, 1.54) is 0 Å². The first-order chi connectivity index (χ1) is 8.35. The van der Waals surface area contributed by atoms with Gasteiger partial charge in [-0.15, -0.1) is 0 Å². The molecule has 0 aromatic carbocycles. The molecule has 0 aromatic rings. The van der Waals surface area contributed by atoms with Gasteiger partial charge in [-0.1, -0.05) is 0 Å². The first kappa shape index (κ1) is 16.9. The Morgan fingerprint density at radius 1 is 1.17 bits per heavy atom. The van der Waals surface area contributed by atoms with E-state index in [1.807, 2.05) is 20.8 Å². The number of ether oxygens (including phenoxy) is 1. The average Bonchev–Trinajstić information content (AvgIpc) is 2.22. The molecule has 0 saturated carbocycles. The highest BCUT2D eigenvalue weighted by Crippen LogP contribution is 2.05. The molecular formula is C11H23N3O3S. The predicted molar refractivity (Wildman–Crippen MR) is 74.5 cm³/mol. The number of thiocarbonyl (C=S) groups is 1. The molecule has 7 heteroatoms. The SMILES string of the molecule is CC(C)(C)OC(=O)NCCNC(=S)NCCCO. The van der Waals surface area contributed by atoms with Crippen LogP contribution in [0.4, 0.5) is 4.79 Å². The Kier molecular flexibility index (Phi) is 8.40. The van der Waals surface area contributed by atoms with Crippen molar-refractivity contribution in [2.45, 2.75) is 32.8 Å². The molecule has 18 heavy (non-hydrogen) atoms. The largest absolute Gasteiger partial charge is 0.444 e. The number of carbonyl (C=O) groups excluding carboxylic acids is 1. The maximum Gasteiger partial charge on any atom is 0.407 e. The maximum absolute atomic E-state index is 11.3. The van der Waals surface area contributed by atoms with Crippen molar-refractivity contribution in [2.75, 3.05) is 26.2 Å². The summed E-state index contributed by atoms with van der Waals surface area (Å²) in [5.41, 5.74) is -0.487. The van der Waals surface area contributed by atoms with Gasteiger partial charge in [-0.2, -0.15) is 0 Å².